The quantitative estimate of drug-likeness (QED) is 0.380. The van der Waals surface area contributed by atoms with Crippen LogP contribution in [-0.2, 0) is 15.8 Å². The third kappa shape index (κ3) is 4.93. The van der Waals surface area contributed by atoms with Crippen LogP contribution in [0.25, 0.3) is 0 Å². The third-order valence-corrected chi connectivity index (χ3v) is 11.0. The summed E-state index contributed by atoms with van der Waals surface area (Å²) in [6, 6.07) is 10.4. The van der Waals surface area contributed by atoms with Gasteiger partial charge < -0.3 is 9.16 Å². The molecule has 0 N–H and O–H groups in total. The van der Waals surface area contributed by atoms with Crippen LogP contribution in [0.2, 0.25) is 18.1 Å². The van der Waals surface area contributed by atoms with E-state index in [0.717, 1.165) is 6.42 Å². The Balaban J connectivity index is 2.05. The fraction of sp³-hybridized carbons (Fsp3) is 0.600. The van der Waals surface area contributed by atoms with Crippen molar-refractivity contribution in [2.75, 3.05) is 0 Å². The van der Waals surface area contributed by atoms with Gasteiger partial charge in [-0.15, -0.1) is 0 Å². The molecule has 134 valence electrons. The summed E-state index contributed by atoms with van der Waals surface area (Å²) in [5.74, 6) is 0.375. The van der Waals surface area contributed by atoms with Gasteiger partial charge >= 0.3 is 0 Å². The van der Waals surface area contributed by atoms with E-state index in [9.17, 15) is 0 Å². The molecule has 2 nitrogen and oxygen atoms in total. The second-order valence-electron chi connectivity index (χ2n) is 8.32. The van der Waals surface area contributed by atoms with Gasteiger partial charge in [-0.3, -0.25) is 0 Å². The fourth-order valence-corrected chi connectivity index (χ4v) is 5.13. The molecule has 0 heterocycles. The van der Waals surface area contributed by atoms with Crippen molar-refractivity contribution < 1.29 is 9.16 Å². The van der Waals surface area contributed by atoms with Crippen LogP contribution >= 0.6 is 22.6 Å². The van der Waals surface area contributed by atoms with Crippen LogP contribution in [0.5, 0.6) is 0 Å². The van der Waals surface area contributed by atoms with Crippen molar-refractivity contribution in [3.05, 3.63) is 45.6 Å². The molecule has 0 aromatic heterocycles. The molecule has 2 rings (SSSR count). The summed E-state index contributed by atoms with van der Waals surface area (Å²) >= 11 is 2.43. The summed E-state index contributed by atoms with van der Waals surface area (Å²) in [7, 11) is -1.76. The summed E-state index contributed by atoms with van der Waals surface area (Å²) in [6.07, 6.45) is 3.69. The van der Waals surface area contributed by atoms with Crippen molar-refractivity contribution in [1.29, 1.82) is 0 Å². The van der Waals surface area contributed by atoms with Crippen LogP contribution in [0.1, 0.15) is 39.7 Å². The molecule has 3 atom stereocenters. The van der Waals surface area contributed by atoms with Crippen LogP contribution < -0.4 is 0 Å². The Morgan fingerprint density at radius 2 is 1.79 bits per heavy atom. The molecule has 24 heavy (non-hydrogen) atoms. The van der Waals surface area contributed by atoms with E-state index in [1.807, 2.05) is 6.07 Å². The van der Waals surface area contributed by atoms with Crippen molar-refractivity contribution in [3.8, 4) is 0 Å². The first kappa shape index (κ1) is 20.1. The molecule has 0 bridgehead atoms. The normalized spacial score (nSPS) is 25.5. The molecule has 0 radical (unpaired) electrons. The van der Waals surface area contributed by atoms with Crippen LogP contribution in [-0.4, -0.2) is 20.5 Å². The number of benzene rings is 1. The Morgan fingerprint density at radius 1 is 1.17 bits per heavy atom. The SMILES string of the molecule is C[C@@H]1[C@H](O[Si](C)(C)C(C)(C)C)CC=C(I)[C@@H]1OCc1ccccc1. The maximum atomic E-state index is 6.70. The van der Waals surface area contributed by atoms with Gasteiger partial charge in [-0.05, 0) is 52.7 Å². The topological polar surface area (TPSA) is 18.5 Å². The highest BCUT2D eigenvalue weighted by Gasteiger charge is 2.42. The largest absolute Gasteiger partial charge is 0.413 e. The van der Waals surface area contributed by atoms with Gasteiger partial charge in [0, 0.05) is 9.50 Å². The van der Waals surface area contributed by atoms with E-state index < -0.39 is 8.32 Å². The molecule has 0 fully saturated rings. The number of rotatable bonds is 5. The molecule has 1 aromatic rings. The van der Waals surface area contributed by atoms with E-state index in [4.69, 9.17) is 9.16 Å². The van der Waals surface area contributed by atoms with Gasteiger partial charge in [-0.25, -0.2) is 0 Å². The zero-order valence-corrected chi connectivity index (χ0v) is 19.0. The van der Waals surface area contributed by atoms with Gasteiger partial charge in [0.25, 0.3) is 0 Å². The highest BCUT2D eigenvalue weighted by molar-refractivity contribution is 14.1. The van der Waals surface area contributed by atoms with Crippen molar-refractivity contribution in [1.82, 2.24) is 0 Å². The molecule has 0 spiro atoms. The minimum absolute atomic E-state index is 0.134. The summed E-state index contributed by atoms with van der Waals surface area (Å²) in [6.45, 7) is 14.5. The van der Waals surface area contributed by atoms with Crippen LogP contribution in [0.3, 0.4) is 0 Å². The zero-order valence-electron chi connectivity index (χ0n) is 15.8. The van der Waals surface area contributed by atoms with Gasteiger partial charge in [-0.2, -0.15) is 0 Å². The van der Waals surface area contributed by atoms with E-state index in [1.54, 1.807) is 0 Å². The minimum atomic E-state index is -1.76. The Hall–Kier alpha value is -0.173. The zero-order chi connectivity index (χ0) is 18.0. The lowest BCUT2D eigenvalue weighted by Crippen LogP contribution is -2.48. The lowest BCUT2D eigenvalue weighted by molar-refractivity contribution is -0.0147. The smallest absolute Gasteiger partial charge is 0.192 e. The Labute approximate surface area is 162 Å². The maximum absolute atomic E-state index is 6.70. The molecule has 0 saturated heterocycles. The first-order valence-electron chi connectivity index (χ1n) is 8.81. The van der Waals surface area contributed by atoms with E-state index in [2.05, 4.69) is 93.7 Å². The van der Waals surface area contributed by atoms with Crippen molar-refractivity contribution >= 4 is 30.9 Å². The second-order valence-corrected chi connectivity index (χ2v) is 14.3. The summed E-state index contributed by atoms with van der Waals surface area (Å²) < 4.78 is 14.3. The van der Waals surface area contributed by atoms with Crippen LogP contribution in [0, 0.1) is 5.92 Å². The fourth-order valence-electron chi connectivity index (χ4n) is 2.71. The number of halogens is 1. The van der Waals surface area contributed by atoms with Crippen molar-refractivity contribution in [2.24, 2.45) is 5.92 Å². The maximum Gasteiger partial charge on any atom is 0.192 e. The van der Waals surface area contributed by atoms with E-state index in [-0.39, 0.29) is 17.2 Å². The molecule has 0 saturated carbocycles. The molecule has 0 unspecified atom stereocenters. The predicted molar refractivity (Wildman–Crippen MR) is 113 cm³/mol. The Kier molecular flexibility index (Phi) is 6.73. The predicted octanol–water partition coefficient (Wildman–Crippen LogP) is 6.32. The number of hydrogen-bond donors (Lipinski definition) is 0. The molecule has 4 heteroatoms. The lowest BCUT2D eigenvalue weighted by atomic mass is 9.90. The van der Waals surface area contributed by atoms with Crippen LogP contribution in [0.4, 0.5) is 0 Å². The average molecular weight is 458 g/mol. The molecule has 1 aliphatic rings. The van der Waals surface area contributed by atoms with Gasteiger partial charge in [0.2, 0.25) is 0 Å². The van der Waals surface area contributed by atoms with Gasteiger partial charge in [0.1, 0.15) is 0 Å². The average Bonchev–Trinajstić information content (AvgIpc) is 2.50. The molecule has 1 aliphatic carbocycles. The lowest BCUT2D eigenvalue weighted by Gasteiger charge is -2.43. The summed E-state index contributed by atoms with van der Waals surface area (Å²) in [5.41, 5.74) is 1.22. The first-order chi connectivity index (χ1) is 11.1. The molecule has 0 aliphatic heterocycles. The Morgan fingerprint density at radius 3 is 2.38 bits per heavy atom. The van der Waals surface area contributed by atoms with E-state index >= 15 is 0 Å². The molecule has 1 aromatic carbocycles. The molecule has 0 amide bonds. The number of hydrogen-bond acceptors (Lipinski definition) is 2. The molecular formula is C20H31IO2Si. The monoisotopic (exact) mass is 458 g/mol. The van der Waals surface area contributed by atoms with Crippen molar-refractivity contribution in [3.63, 3.8) is 0 Å². The van der Waals surface area contributed by atoms with Crippen molar-refractivity contribution in [2.45, 2.75) is 71.1 Å². The summed E-state index contributed by atoms with van der Waals surface area (Å²) in [5, 5.41) is 0.238. The number of ether oxygens (including phenoxy) is 1. The van der Waals surface area contributed by atoms with Gasteiger partial charge in [0.05, 0.1) is 18.8 Å². The highest BCUT2D eigenvalue weighted by Crippen LogP contribution is 2.41. The highest BCUT2D eigenvalue weighted by atomic mass is 127. The molecular weight excluding hydrogens is 427 g/mol. The third-order valence-electron chi connectivity index (χ3n) is 5.41. The minimum Gasteiger partial charge on any atom is -0.413 e. The van der Waals surface area contributed by atoms with E-state index in [0.29, 0.717) is 12.5 Å². The Bertz CT molecular complexity index is 563. The second kappa shape index (κ2) is 8.02. The summed E-state index contributed by atoms with van der Waals surface area (Å²) in [4.78, 5) is 0. The van der Waals surface area contributed by atoms with Gasteiger partial charge in [0.15, 0.2) is 8.32 Å². The standard InChI is InChI=1S/C20H31IO2Si/c1-15-18(23-24(5,6)20(2,3)4)13-12-17(21)19(15)22-14-16-10-8-7-9-11-16/h7-12,15,18-19H,13-14H2,1-6H3/t15-,18-,19-/m1/s1. The van der Waals surface area contributed by atoms with E-state index in [1.165, 1.54) is 9.14 Å². The van der Waals surface area contributed by atoms with Crippen LogP contribution in [0.15, 0.2) is 40.0 Å². The van der Waals surface area contributed by atoms with Gasteiger partial charge in [-0.1, -0.05) is 64.1 Å². The first-order valence-corrected chi connectivity index (χ1v) is 12.8.